The molecule has 0 radical (unpaired) electrons. The molecule has 0 bridgehead atoms. The standard InChI is InChI=1S/C10H18N2O/c1-3-5-6-9-10(13)8-12(11-9)7-4-2/h8,13H,3-7H2,1-2H3. The highest BCUT2D eigenvalue weighted by Crippen LogP contribution is 2.16. The number of aromatic nitrogens is 2. The van der Waals surface area contributed by atoms with Crippen molar-refractivity contribution in [2.75, 3.05) is 0 Å². The summed E-state index contributed by atoms with van der Waals surface area (Å²) in [7, 11) is 0. The predicted molar refractivity (Wildman–Crippen MR) is 52.8 cm³/mol. The first kappa shape index (κ1) is 10.1. The molecule has 0 amide bonds. The predicted octanol–water partition coefficient (Wildman–Crippen LogP) is 2.34. The molecule has 0 fully saturated rings. The highest BCUT2D eigenvalue weighted by Gasteiger charge is 2.05. The van der Waals surface area contributed by atoms with Gasteiger partial charge in [0.25, 0.3) is 0 Å². The van der Waals surface area contributed by atoms with E-state index in [2.05, 4.69) is 18.9 Å². The number of aryl methyl sites for hydroxylation is 2. The second-order valence-electron chi connectivity index (χ2n) is 3.33. The first-order valence-electron chi connectivity index (χ1n) is 5.03. The van der Waals surface area contributed by atoms with E-state index in [1.807, 2.05) is 4.68 Å². The molecule has 3 nitrogen and oxygen atoms in total. The summed E-state index contributed by atoms with van der Waals surface area (Å²) in [6.45, 7) is 5.13. The minimum absolute atomic E-state index is 0.349. The molecule has 0 aliphatic rings. The van der Waals surface area contributed by atoms with E-state index in [-0.39, 0.29) is 0 Å². The Morgan fingerprint density at radius 3 is 2.77 bits per heavy atom. The second-order valence-corrected chi connectivity index (χ2v) is 3.33. The van der Waals surface area contributed by atoms with Gasteiger partial charge in [0.05, 0.1) is 6.20 Å². The zero-order valence-corrected chi connectivity index (χ0v) is 8.45. The molecular weight excluding hydrogens is 164 g/mol. The lowest BCUT2D eigenvalue weighted by molar-refractivity contribution is 0.466. The van der Waals surface area contributed by atoms with Gasteiger partial charge in [-0.2, -0.15) is 5.10 Å². The van der Waals surface area contributed by atoms with Crippen LogP contribution in [0.4, 0.5) is 0 Å². The third-order valence-electron chi connectivity index (χ3n) is 2.04. The summed E-state index contributed by atoms with van der Waals surface area (Å²) in [6.07, 6.45) is 5.89. The van der Waals surface area contributed by atoms with Gasteiger partial charge in [0.2, 0.25) is 0 Å². The Labute approximate surface area is 79.4 Å². The van der Waals surface area contributed by atoms with E-state index in [1.54, 1.807) is 6.20 Å². The number of hydrogen-bond acceptors (Lipinski definition) is 2. The van der Waals surface area contributed by atoms with E-state index in [4.69, 9.17) is 0 Å². The lowest BCUT2D eigenvalue weighted by Gasteiger charge is -1.95. The van der Waals surface area contributed by atoms with E-state index < -0.39 is 0 Å². The SMILES string of the molecule is CCCCc1nn(CCC)cc1O. The molecule has 0 aliphatic carbocycles. The minimum Gasteiger partial charge on any atom is -0.504 e. The van der Waals surface area contributed by atoms with Crippen molar-refractivity contribution in [3.63, 3.8) is 0 Å². The Bertz CT molecular complexity index is 255. The largest absolute Gasteiger partial charge is 0.504 e. The summed E-state index contributed by atoms with van der Waals surface area (Å²) >= 11 is 0. The zero-order valence-electron chi connectivity index (χ0n) is 8.45. The lowest BCUT2D eigenvalue weighted by atomic mass is 10.2. The van der Waals surface area contributed by atoms with Gasteiger partial charge in [-0.25, -0.2) is 0 Å². The summed E-state index contributed by atoms with van der Waals surface area (Å²) in [5, 5.41) is 13.8. The number of unbranched alkanes of at least 4 members (excludes halogenated alkanes) is 1. The van der Waals surface area contributed by atoms with Crippen molar-refractivity contribution < 1.29 is 5.11 Å². The average molecular weight is 182 g/mol. The molecule has 1 heterocycles. The van der Waals surface area contributed by atoms with E-state index >= 15 is 0 Å². The number of hydrogen-bond donors (Lipinski definition) is 1. The molecule has 0 aromatic carbocycles. The topological polar surface area (TPSA) is 38.0 Å². The highest BCUT2D eigenvalue weighted by molar-refractivity contribution is 5.22. The Balaban J connectivity index is 2.60. The van der Waals surface area contributed by atoms with Crippen LogP contribution in [-0.2, 0) is 13.0 Å². The van der Waals surface area contributed by atoms with E-state index in [0.717, 1.165) is 37.9 Å². The molecule has 1 aromatic heterocycles. The van der Waals surface area contributed by atoms with Crippen LogP contribution >= 0.6 is 0 Å². The van der Waals surface area contributed by atoms with Gasteiger partial charge >= 0.3 is 0 Å². The smallest absolute Gasteiger partial charge is 0.156 e. The normalized spacial score (nSPS) is 10.6. The van der Waals surface area contributed by atoms with E-state index in [9.17, 15) is 5.11 Å². The molecule has 1 aromatic rings. The maximum absolute atomic E-state index is 9.50. The first-order chi connectivity index (χ1) is 6.27. The fraction of sp³-hybridized carbons (Fsp3) is 0.700. The van der Waals surface area contributed by atoms with Crippen LogP contribution in [0.15, 0.2) is 6.20 Å². The molecule has 0 aliphatic heterocycles. The third-order valence-corrected chi connectivity index (χ3v) is 2.04. The van der Waals surface area contributed by atoms with Gasteiger partial charge in [-0.1, -0.05) is 20.3 Å². The number of aromatic hydroxyl groups is 1. The first-order valence-corrected chi connectivity index (χ1v) is 5.03. The third kappa shape index (κ3) is 2.76. The Kier molecular flexibility index (Phi) is 3.80. The molecule has 0 saturated carbocycles. The maximum Gasteiger partial charge on any atom is 0.156 e. The fourth-order valence-corrected chi connectivity index (χ4v) is 1.32. The van der Waals surface area contributed by atoms with Gasteiger partial charge in [-0.05, 0) is 19.3 Å². The van der Waals surface area contributed by atoms with Crippen molar-refractivity contribution in [2.45, 2.75) is 46.1 Å². The van der Waals surface area contributed by atoms with Crippen molar-refractivity contribution in [3.05, 3.63) is 11.9 Å². The van der Waals surface area contributed by atoms with Crippen LogP contribution in [0.1, 0.15) is 38.8 Å². The summed E-state index contributed by atoms with van der Waals surface area (Å²) in [6, 6.07) is 0. The molecule has 1 N–H and O–H groups in total. The van der Waals surface area contributed by atoms with Crippen molar-refractivity contribution in [1.82, 2.24) is 9.78 Å². The van der Waals surface area contributed by atoms with Crippen LogP contribution in [0, 0.1) is 0 Å². The van der Waals surface area contributed by atoms with Gasteiger partial charge < -0.3 is 5.11 Å². The summed E-state index contributed by atoms with van der Waals surface area (Å²) < 4.78 is 1.82. The second kappa shape index (κ2) is 4.90. The average Bonchev–Trinajstić information content (AvgIpc) is 2.44. The molecule has 3 heteroatoms. The van der Waals surface area contributed by atoms with Crippen molar-refractivity contribution in [3.8, 4) is 5.75 Å². The van der Waals surface area contributed by atoms with Crippen LogP contribution < -0.4 is 0 Å². The van der Waals surface area contributed by atoms with Crippen LogP contribution in [0.25, 0.3) is 0 Å². The van der Waals surface area contributed by atoms with Gasteiger partial charge in [-0.15, -0.1) is 0 Å². The Morgan fingerprint density at radius 1 is 1.38 bits per heavy atom. The number of nitrogens with zero attached hydrogens (tertiary/aromatic N) is 2. The quantitative estimate of drug-likeness (QED) is 0.759. The van der Waals surface area contributed by atoms with Gasteiger partial charge in [0.1, 0.15) is 5.69 Å². The molecule has 0 atom stereocenters. The lowest BCUT2D eigenvalue weighted by Crippen LogP contribution is -1.98. The highest BCUT2D eigenvalue weighted by atomic mass is 16.3. The van der Waals surface area contributed by atoms with Crippen molar-refractivity contribution in [2.24, 2.45) is 0 Å². The van der Waals surface area contributed by atoms with E-state index in [0.29, 0.717) is 5.75 Å². The maximum atomic E-state index is 9.50. The van der Waals surface area contributed by atoms with Gasteiger partial charge in [-0.3, -0.25) is 4.68 Å². The van der Waals surface area contributed by atoms with Gasteiger partial charge in [0, 0.05) is 6.54 Å². The fourth-order valence-electron chi connectivity index (χ4n) is 1.32. The monoisotopic (exact) mass is 182 g/mol. The van der Waals surface area contributed by atoms with Crippen LogP contribution in [0.5, 0.6) is 5.75 Å². The molecule has 74 valence electrons. The molecule has 0 unspecified atom stereocenters. The van der Waals surface area contributed by atoms with Crippen molar-refractivity contribution in [1.29, 1.82) is 0 Å². The Morgan fingerprint density at radius 2 is 2.15 bits per heavy atom. The van der Waals surface area contributed by atoms with Crippen molar-refractivity contribution >= 4 is 0 Å². The summed E-state index contributed by atoms with van der Waals surface area (Å²) in [4.78, 5) is 0. The zero-order chi connectivity index (χ0) is 9.68. The molecule has 13 heavy (non-hydrogen) atoms. The minimum atomic E-state index is 0.349. The summed E-state index contributed by atoms with van der Waals surface area (Å²) in [5.74, 6) is 0.349. The van der Waals surface area contributed by atoms with Gasteiger partial charge in [0.15, 0.2) is 5.75 Å². The molecular formula is C10H18N2O. The van der Waals surface area contributed by atoms with Crippen LogP contribution in [0.2, 0.25) is 0 Å². The Hall–Kier alpha value is -0.990. The molecule has 1 rings (SSSR count). The van der Waals surface area contributed by atoms with E-state index in [1.165, 1.54) is 0 Å². The molecule has 0 spiro atoms. The summed E-state index contributed by atoms with van der Waals surface area (Å²) in [5.41, 5.74) is 0.843. The molecule has 0 saturated heterocycles. The number of rotatable bonds is 5. The van der Waals surface area contributed by atoms with Crippen LogP contribution in [0.3, 0.4) is 0 Å². The van der Waals surface area contributed by atoms with Crippen LogP contribution in [-0.4, -0.2) is 14.9 Å².